The molecule has 1 aliphatic rings. The number of aliphatic carboxylic acids is 1. The second-order valence-corrected chi connectivity index (χ2v) is 5.51. The minimum Gasteiger partial charge on any atom is -0.480 e. The number of carboxylic acids is 1. The first-order chi connectivity index (χ1) is 6.82. The zero-order chi connectivity index (χ0) is 11.9. The van der Waals surface area contributed by atoms with Gasteiger partial charge in [-0.1, -0.05) is 19.9 Å². The third-order valence-corrected chi connectivity index (χ3v) is 4.57. The van der Waals surface area contributed by atoms with E-state index in [-0.39, 0.29) is 5.92 Å². The number of carboxylic acid groups (broad SMARTS) is 1. The van der Waals surface area contributed by atoms with E-state index in [0.717, 1.165) is 0 Å². The molecule has 1 fully saturated rings. The van der Waals surface area contributed by atoms with E-state index in [0.29, 0.717) is 4.91 Å². The van der Waals surface area contributed by atoms with E-state index in [4.69, 9.17) is 22.0 Å². The number of hydrogen-bond donors (Lipinski definition) is 1. The fourth-order valence-corrected chi connectivity index (χ4v) is 2.55. The van der Waals surface area contributed by atoms with E-state index in [1.165, 1.54) is 11.8 Å². The summed E-state index contributed by atoms with van der Waals surface area (Å²) >= 11 is 7.33. The van der Waals surface area contributed by atoms with Gasteiger partial charge in [0.2, 0.25) is 0 Å². The molecular formula is C10H12ClNO2S. The molecule has 0 spiro atoms. The highest BCUT2D eigenvalue weighted by molar-refractivity contribution is 8.02. The normalized spacial score (nSPS) is 33.3. The molecule has 2 atom stereocenters. The molecule has 0 aliphatic heterocycles. The van der Waals surface area contributed by atoms with Gasteiger partial charge < -0.3 is 5.11 Å². The van der Waals surface area contributed by atoms with Gasteiger partial charge in [-0.2, -0.15) is 5.26 Å². The van der Waals surface area contributed by atoms with Crippen molar-refractivity contribution in [1.29, 1.82) is 5.26 Å². The molecule has 0 bridgehead atoms. The van der Waals surface area contributed by atoms with Crippen LogP contribution in [0.5, 0.6) is 0 Å². The molecule has 1 rings (SSSR count). The second kappa shape index (κ2) is 3.73. The van der Waals surface area contributed by atoms with E-state index in [1.807, 2.05) is 6.07 Å². The first-order valence-electron chi connectivity index (χ1n) is 4.40. The Kier molecular flexibility index (Phi) is 3.09. The molecule has 0 amide bonds. The van der Waals surface area contributed by atoms with Crippen LogP contribution in [0.3, 0.4) is 0 Å². The number of nitrogens with zero attached hydrogens (tertiary/aromatic N) is 1. The maximum atomic E-state index is 11.0. The summed E-state index contributed by atoms with van der Waals surface area (Å²) in [5.41, 5.74) is -0.502. The van der Waals surface area contributed by atoms with Gasteiger partial charge in [0.25, 0.3) is 0 Å². The van der Waals surface area contributed by atoms with Gasteiger partial charge in [0, 0.05) is 11.3 Å². The lowest BCUT2D eigenvalue weighted by Crippen LogP contribution is -2.21. The minimum absolute atomic E-state index is 0.286. The predicted octanol–water partition coefficient (Wildman–Crippen LogP) is 2.48. The monoisotopic (exact) mass is 245 g/mol. The van der Waals surface area contributed by atoms with Crippen LogP contribution in [-0.2, 0) is 4.79 Å². The lowest BCUT2D eigenvalue weighted by molar-refractivity contribution is -0.138. The smallest absolute Gasteiger partial charge is 0.325 e. The fourth-order valence-electron chi connectivity index (χ4n) is 1.78. The van der Waals surface area contributed by atoms with Gasteiger partial charge in [-0.15, -0.1) is 23.4 Å². The average Bonchev–Trinajstić information content (AvgIpc) is 2.59. The maximum absolute atomic E-state index is 11.0. The van der Waals surface area contributed by atoms with Crippen LogP contribution in [-0.4, -0.2) is 22.2 Å². The Morgan fingerprint density at radius 1 is 1.67 bits per heavy atom. The molecule has 1 aliphatic carbocycles. The number of halogens is 1. The lowest BCUT2D eigenvalue weighted by atomic mass is 10.1. The highest BCUT2D eigenvalue weighted by Gasteiger charge is 2.74. The van der Waals surface area contributed by atoms with Crippen LogP contribution in [0.25, 0.3) is 0 Å². The SMILES string of the molecule is CS/C(C#N)=C/C1C(C)(C)C1(Cl)C(=O)O. The summed E-state index contributed by atoms with van der Waals surface area (Å²) in [6.07, 6.45) is 3.44. The van der Waals surface area contributed by atoms with E-state index in [1.54, 1.807) is 26.2 Å². The van der Waals surface area contributed by atoms with E-state index in [9.17, 15) is 4.79 Å². The Labute approximate surface area is 98.1 Å². The first kappa shape index (κ1) is 12.4. The van der Waals surface area contributed by atoms with Crippen molar-refractivity contribution in [1.82, 2.24) is 0 Å². The lowest BCUT2D eigenvalue weighted by Gasteiger charge is -2.03. The van der Waals surface area contributed by atoms with Gasteiger partial charge in [-0.3, -0.25) is 4.79 Å². The highest BCUT2D eigenvalue weighted by Crippen LogP contribution is 2.67. The van der Waals surface area contributed by atoms with E-state index in [2.05, 4.69) is 0 Å². The zero-order valence-corrected chi connectivity index (χ0v) is 10.3. The Bertz CT molecular complexity index is 372. The number of thioether (sulfide) groups is 1. The fraction of sp³-hybridized carbons (Fsp3) is 0.600. The van der Waals surface area contributed by atoms with Crippen molar-refractivity contribution in [2.75, 3.05) is 6.26 Å². The molecule has 0 aromatic heterocycles. The van der Waals surface area contributed by atoms with Crippen molar-refractivity contribution >= 4 is 29.3 Å². The third-order valence-electron chi connectivity index (χ3n) is 3.02. The van der Waals surface area contributed by atoms with Crippen molar-refractivity contribution in [3.05, 3.63) is 11.0 Å². The summed E-state index contributed by atoms with van der Waals surface area (Å²) < 4.78 is 0. The molecule has 1 N–H and O–H groups in total. The van der Waals surface area contributed by atoms with Gasteiger partial charge in [0.1, 0.15) is 6.07 Å². The molecular weight excluding hydrogens is 234 g/mol. The third kappa shape index (κ3) is 1.64. The van der Waals surface area contributed by atoms with Crippen molar-refractivity contribution in [3.8, 4) is 6.07 Å². The van der Waals surface area contributed by atoms with Crippen LogP contribution < -0.4 is 0 Å². The number of nitriles is 1. The van der Waals surface area contributed by atoms with E-state index >= 15 is 0 Å². The second-order valence-electron chi connectivity index (χ2n) is 4.06. The molecule has 0 heterocycles. The van der Waals surface area contributed by atoms with Crippen molar-refractivity contribution < 1.29 is 9.90 Å². The molecule has 0 aromatic carbocycles. The molecule has 0 aromatic rings. The molecule has 1 saturated carbocycles. The number of rotatable bonds is 3. The summed E-state index contributed by atoms with van der Waals surface area (Å²) in [6.45, 7) is 3.59. The van der Waals surface area contributed by atoms with Gasteiger partial charge in [-0.25, -0.2) is 0 Å². The molecule has 0 radical (unpaired) electrons. The number of allylic oxidation sites excluding steroid dienone is 2. The van der Waals surface area contributed by atoms with Gasteiger partial charge >= 0.3 is 5.97 Å². The van der Waals surface area contributed by atoms with Crippen LogP contribution in [0, 0.1) is 22.7 Å². The van der Waals surface area contributed by atoms with Gasteiger partial charge in [0.05, 0.1) is 4.91 Å². The molecule has 82 valence electrons. The number of hydrogen-bond acceptors (Lipinski definition) is 3. The maximum Gasteiger partial charge on any atom is 0.325 e. The largest absolute Gasteiger partial charge is 0.480 e. The molecule has 2 unspecified atom stereocenters. The first-order valence-corrected chi connectivity index (χ1v) is 6.00. The molecule has 0 saturated heterocycles. The Morgan fingerprint density at radius 2 is 2.20 bits per heavy atom. The minimum atomic E-state index is -1.26. The highest BCUT2D eigenvalue weighted by atomic mass is 35.5. The van der Waals surface area contributed by atoms with Crippen LogP contribution in [0.15, 0.2) is 11.0 Å². The van der Waals surface area contributed by atoms with Crippen LogP contribution in [0.1, 0.15) is 13.8 Å². The molecule has 15 heavy (non-hydrogen) atoms. The summed E-state index contributed by atoms with van der Waals surface area (Å²) in [5, 5.41) is 17.8. The quantitative estimate of drug-likeness (QED) is 0.613. The Balaban J connectivity index is 2.99. The van der Waals surface area contributed by atoms with Crippen molar-refractivity contribution in [2.45, 2.75) is 18.7 Å². The van der Waals surface area contributed by atoms with Crippen LogP contribution >= 0.6 is 23.4 Å². The average molecular weight is 246 g/mol. The van der Waals surface area contributed by atoms with Crippen molar-refractivity contribution in [2.24, 2.45) is 11.3 Å². The molecule has 5 heteroatoms. The summed E-state index contributed by atoms with van der Waals surface area (Å²) in [4.78, 5) is 10.3. The standard InChI is InChI=1S/C10H12ClNO2S/c1-9(2)7(4-6(5-12)15-3)10(9,11)8(13)14/h4,7H,1-3H3,(H,13,14)/b6-4+. The summed E-state index contributed by atoms with van der Waals surface area (Å²) in [5.74, 6) is -1.31. The van der Waals surface area contributed by atoms with Crippen LogP contribution in [0.4, 0.5) is 0 Å². The van der Waals surface area contributed by atoms with Gasteiger partial charge in [0.15, 0.2) is 4.87 Å². The topological polar surface area (TPSA) is 61.1 Å². The Hall–Kier alpha value is -0.660. The summed E-state index contributed by atoms with van der Waals surface area (Å²) in [7, 11) is 0. The summed E-state index contributed by atoms with van der Waals surface area (Å²) in [6, 6.07) is 2.01. The zero-order valence-electron chi connectivity index (χ0n) is 8.74. The predicted molar refractivity (Wildman–Crippen MR) is 60.7 cm³/mol. The number of alkyl halides is 1. The Morgan fingerprint density at radius 3 is 2.47 bits per heavy atom. The van der Waals surface area contributed by atoms with E-state index < -0.39 is 16.3 Å². The van der Waals surface area contributed by atoms with Crippen molar-refractivity contribution in [3.63, 3.8) is 0 Å². The molecule has 3 nitrogen and oxygen atoms in total. The van der Waals surface area contributed by atoms with Crippen LogP contribution in [0.2, 0.25) is 0 Å². The van der Waals surface area contributed by atoms with Gasteiger partial charge in [-0.05, 0) is 6.26 Å². The number of carbonyl (C=O) groups is 1.